The number of hydrogen-bond acceptors (Lipinski definition) is 2. The Bertz CT molecular complexity index is 374. The number of nitrogens with zero attached hydrogens (tertiary/aromatic N) is 2. The van der Waals surface area contributed by atoms with E-state index in [4.69, 9.17) is 0 Å². The van der Waals surface area contributed by atoms with Gasteiger partial charge in [-0.25, -0.2) is 0 Å². The highest BCUT2D eigenvalue weighted by molar-refractivity contribution is 5.05. The highest BCUT2D eigenvalue weighted by Crippen LogP contribution is 2.50. The van der Waals surface area contributed by atoms with E-state index < -0.39 is 0 Å². The van der Waals surface area contributed by atoms with E-state index in [-0.39, 0.29) is 6.10 Å². The molecule has 1 N–H and O–H groups in total. The molecule has 2 saturated carbocycles. The van der Waals surface area contributed by atoms with Crippen LogP contribution in [0.2, 0.25) is 0 Å². The van der Waals surface area contributed by atoms with Crippen molar-refractivity contribution in [2.45, 2.75) is 38.2 Å². The average Bonchev–Trinajstić information content (AvgIpc) is 2.92. The van der Waals surface area contributed by atoms with Crippen molar-refractivity contribution in [3.63, 3.8) is 0 Å². The summed E-state index contributed by atoms with van der Waals surface area (Å²) in [5.41, 5.74) is 0.961. The quantitative estimate of drug-likeness (QED) is 0.848. The molecule has 0 saturated heterocycles. The lowest BCUT2D eigenvalue weighted by Crippen LogP contribution is -2.16. The molecule has 1 heterocycles. The summed E-state index contributed by atoms with van der Waals surface area (Å²) in [6, 6.07) is 1.93. The second kappa shape index (κ2) is 3.88. The zero-order chi connectivity index (χ0) is 11.1. The van der Waals surface area contributed by atoms with Crippen LogP contribution in [0.25, 0.3) is 0 Å². The maximum atomic E-state index is 10.2. The Morgan fingerprint density at radius 2 is 2.38 bits per heavy atom. The molecule has 0 spiro atoms. The van der Waals surface area contributed by atoms with Gasteiger partial charge in [0, 0.05) is 13.2 Å². The van der Waals surface area contributed by atoms with Crippen LogP contribution >= 0.6 is 0 Å². The van der Waals surface area contributed by atoms with Gasteiger partial charge in [-0.05, 0) is 49.5 Å². The molecule has 2 aliphatic rings. The Morgan fingerprint density at radius 3 is 2.94 bits per heavy atom. The molecular formula is C13H20N2O. The van der Waals surface area contributed by atoms with Crippen LogP contribution in [0.3, 0.4) is 0 Å². The fourth-order valence-electron chi connectivity index (χ4n) is 3.78. The van der Waals surface area contributed by atoms with Crippen LogP contribution in [0.5, 0.6) is 0 Å². The van der Waals surface area contributed by atoms with Crippen molar-refractivity contribution in [3.8, 4) is 0 Å². The molecule has 16 heavy (non-hydrogen) atoms. The molecule has 3 heteroatoms. The Balaban J connectivity index is 1.65. The van der Waals surface area contributed by atoms with E-state index in [0.29, 0.717) is 0 Å². The van der Waals surface area contributed by atoms with Gasteiger partial charge in [0.2, 0.25) is 0 Å². The number of aliphatic hydroxyl groups excluding tert-OH is 1. The van der Waals surface area contributed by atoms with E-state index in [9.17, 15) is 5.11 Å². The zero-order valence-corrected chi connectivity index (χ0v) is 9.84. The highest BCUT2D eigenvalue weighted by Gasteiger charge is 2.40. The van der Waals surface area contributed by atoms with Crippen molar-refractivity contribution < 1.29 is 5.11 Å². The summed E-state index contributed by atoms with van der Waals surface area (Å²) < 4.78 is 1.79. The lowest BCUT2D eigenvalue weighted by molar-refractivity contribution is 0.118. The van der Waals surface area contributed by atoms with Crippen LogP contribution in [-0.2, 0) is 7.05 Å². The predicted octanol–water partition coefficient (Wildman–Crippen LogP) is 2.28. The van der Waals surface area contributed by atoms with Crippen molar-refractivity contribution in [2.24, 2.45) is 24.8 Å². The summed E-state index contributed by atoms with van der Waals surface area (Å²) in [6.45, 7) is 0. The summed E-state index contributed by atoms with van der Waals surface area (Å²) in [7, 11) is 1.90. The first-order valence-corrected chi connectivity index (χ1v) is 6.40. The normalized spacial score (nSPS) is 34.5. The van der Waals surface area contributed by atoms with Gasteiger partial charge in [-0.1, -0.05) is 6.42 Å². The standard InChI is InChI=1S/C13H20N2O/c1-15-12(4-5-14-15)13(16)8-11-7-9-2-3-10(11)6-9/h4-5,9-11,13,16H,2-3,6-8H2,1H3. The van der Waals surface area contributed by atoms with Gasteiger partial charge in [-0.3, -0.25) is 4.68 Å². The number of aromatic nitrogens is 2. The van der Waals surface area contributed by atoms with Crippen LogP contribution in [0, 0.1) is 17.8 Å². The fourth-order valence-corrected chi connectivity index (χ4v) is 3.78. The lowest BCUT2D eigenvalue weighted by atomic mass is 9.84. The van der Waals surface area contributed by atoms with Crippen molar-refractivity contribution in [2.75, 3.05) is 0 Å². The number of aliphatic hydroxyl groups is 1. The molecule has 2 bridgehead atoms. The Kier molecular flexibility index (Phi) is 2.51. The van der Waals surface area contributed by atoms with Crippen LogP contribution in [-0.4, -0.2) is 14.9 Å². The topological polar surface area (TPSA) is 38.0 Å². The molecule has 0 radical (unpaired) electrons. The maximum absolute atomic E-state index is 10.2. The molecule has 1 aromatic rings. The van der Waals surface area contributed by atoms with Crippen LogP contribution in [0.1, 0.15) is 43.9 Å². The number of aryl methyl sites for hydroxylation is 1. The molecule has 4 atom stereocenters. The van der Waals surface area contributed by atoms with Crippen molar-refractivity contribution in [3.05, 3.63) is 18.0 Å². The van der Waals surface area contributed by atoms with E-state index in [1.54, 1.807) is 10.9 Å². The van der Waals surface area contributed by atoms with E-state index >= 15 is 0 Å². The molecular weight excluding hydrogens is 200 g/mol. The minimum atomic E-state index is -0.322. The van der Waals surface area contributed by atoms with Gasteiger partial charge in [0.05, 0.1) is 11.8 Å². The first-order valence-electron chi connectivity index (χ1n) is 6.40. The largest absolute Gasteiger partial charge is 0.387 e. The smallest absolute Gasteiger partial charge is 0.0959 e. The summed E-state index contributed by atoms with van der Waals surface area (Å²) in [6.07, 6.45) is 7.97. The first kappa shape index (κ1) is 10.3. The first-order chi connectivity index (χ1) is 7.74. The van der Waals surface area contributed by atoms with Gasteiger partial charge in [0.1, 0.15) is 0 Å². The van der Waals surface area contributed by atoms with Gasteiger partial charge in [-0.15, -0.1) is 0 Å². The van der Waals surface area contributed by atoms with Crippen LogP contribution in [0.4, 0.5) is 0 Å². The van der Waals surface area contributed by atoms with Gasteiger partial charge in [0.15, 0.2) is 0 Å². The van der Waals surface area contributed by atoms with Gasteiger partial charge in [0.25, 0.3) is 0 Å². The van der Waals surface area contributed by atoms with Gasteiger partial charge >= 0.3 is 0 Å². The Labute approximate surface area is 96.5 Å². The van der Waals surface area contributed by atoms with Gasteiger partial charge < -0.3 is 5.11 Å². The van der Waals surface area contributed by atoms with E-state index in [1.165, 1.54) is 25.7 Å². The molecule has 0 aliphatic heterocycles. The minimum absolute atomic E-state index is 0.322. The number of fused-ring (bicyclic) bond motifs is 2. The third-order valence-electron chi connectivity index (χ3n) is 4.61. The number of hydrogen-bond donors (Lipinski definition) is 1. The second-order valence-electron chi connectivity index (χ2n) is 5.57. The molecule has 1 aromatic heterocycles. The Morgan fingerprint density at radius 1 is 1.50 bits per heavy atom. The monoisotopic (exact) mass is 220 g/mol. The molecule has 88 valence electrons. The third kappa shape index (κ3) is 1.67. The minimum Gasteiger partial charge on any atom is -0.387 e. The molecule has 0 aromatic carbocycles. The van der Waals surface area contributed by atoms with Crippen molar-refractivity contribution in [1.29, 1.82) is 0 Å². The molecule has 4 unspecified atom stereocenters. The van der Waals surface area contributed by atoms with Crippen molar-refractivity contribution in [1.82, 2.24) is 9.78 Å². The summed E-state index contributed by atoms with van der Waals surface area (Å²) in [5.74, 6) is 2.62. The van der Waals surface area contributed by atoms with Crippen LogP contribution in [0.15, 0.2) is 12.3 Å². The van der Waals surface area contributed by atoms with Gasteiger partial charge in [-0.2, -0.15) is 5.10 Å². The molecule has 2 aliphatic carbocycles. The lowest BCUT2D eigenvalue weighted by Gasteiger charge is -2.24. The summed E-state index contributed by atoms with van der Waals surface area (Å²) in [5, 5.41) is 14.3. The van der Waals surface area contributed by atoms with E-state index in [1.807, 2.05) is 13.1 Å². The molecule has 2 fully saturated rings. The average molecular weight is 220 g/mol. The van der Waals surface area contributed by atoms with Crippen LogP contribution < -0.4 is 0 Å². The highest BCUT2D eigenvalue weighted by atomic mass is 16.3. The zero-order valence-electron chi connectivity index (χ0n) is 9.84. The third-order valence-corrected chi connectivity index (χ3v) is 4.61. The summed E-state index contributed by atoms with van der Waals surface area (Å²) >= 11 is 0. The summed E-state index contributed by atoms with van der Waals surface area (Å²) in [4.78, 5) is 0. The fraction of sp³-hybridized carbons (Fsp3) is 0.769. The second-order valence-corrected chi connectivity index (χ2v) is 5.57. The molecule has 0 amide bonds. The Hall–Kier alpha value is -0.830. The SMILES string of the molecule is Cn1nccc1C(O)CC1CC2CCC1C2. The number of rotatable bonds is 3. The molecule has 3 nitrogen and oxygen atoms in total. The molecule has 3 rings (SSSR count). The van der Waals surface area contributed by atoms with E-state index in [0.717, 1.165) is 29.9 Å². The predicted molar refractivity (Wildman–Crippen MR) is 61.7 cm³/mol. The van der Waals surface area contributed by atoms with Crippen molar-refractivity contribution >= 4 is 0 Å². The maximum Gasteiger partial charge on any atom is 0.0959 e. The van der Waals surface area contributed by atoms with E-state index in [2.05, 4.69) is 5.10 Å².